The molecule has 0 radical (unpaired) electrons. The molecule has 1 aromatic carbocycles. The highest BCUT2D eigenvalue weighted by Gasteiger charge is 2.18. The Morgan fingerprint density at radius 3 is 2.80 bits per heavy atom. The summed E-state index contributed by atoms with van der Waals surface area (Å²) in [7, 11) is 3.38. The van der Waals surface area contributed by atoms with Crippen LogP contribution in [0.4, 0.5) is 0 Å². The van der Waals surface area contributed by atoms with Gasteiger partial charge in [-0.25, -0.2) is 0 Å². The monoisotopic (exact) mass is 278 g/mol. The molecular weight excluding hydrogens is 252 g/mol. The quantitative estimate of drug-likeness (QED) is 0.868. The Bertz CT molecular complexity index is 415. The Kier molecular flexibility index (Phi) is 5.68. The van der Waals surface area contributed by atoms with Crippen molar-refractivity contribution in [3.8, 4) is 11.5 Å². The molecule has 0 bridgehead atoms. The van der Waals surface area contributed by atoms with Crippen molar-refractivity contribution in [2.24, 2.45) is 0 Å². The average molecular weight is 278 g/mol. The number of hydrogen-bond donors (Lipinski definition) is 2. The maximum atomic E-state index is 5.49. The van der Waals surface area contributed by atoms with Gasteiger partial charge >= 0.3 is 0 Å². The molecule has 0 spiro atoms. The van der Waals surface area contributed by atoms with Gasteiger partial charge in [-0.15, -0.1) is 0 Å². The van der Waals surface area contributed by atoms with Crippen LogP contribution in [-0.2, 0) is 0 Å². The van der Waals surface area contributed by atoms with E-state index in [-0.39, 0.29) is 6.04 Å². The number of hydrogen-bond acceptors (Lipinski definition) is 4. The molecule has 2 atom stereocenters. The largest absolute Gasteiger partial charge is 0.497 e. The normalized spacial score (nSPS) is 21.1. The van der Waals surface area contributed by atoms with E-state index in [1.165, 1.54) is 24.8 Å². The molecule has 0 aliphatic carbocycles. The Morgan fingerprint density at radius 2 is 2.05 bits per heavy atom. The van der Waals surface area contributed by atoms with Crippen LogP contribution in [0.2, 0.25) is 0 Å². The minimum absolute atomic E-state index is 0.277. The lowest BCUT2D eigenvalue weighted by atomic mass is 10.0. The third kappa shape index (κ3) is 3.87. The first-order valence-electron chi connectivity index (χ1n) is 7.43. The van der Waals surface area contributed by atoms with E-state index in [1.54, 1.807) is 14.2 Å². The van der Waals surface area contributed by atoms with Crippen LogP contribution in [-0.4, -0.2) is 33.4 Å². The fourth-order valence-electron chi connectivity index (χ4n) is 2.81. The molecule has 112 valence electrons. The van der Waals surface area contributed by atoms with E-state index in [4.69, 9.17) is 9.47 Å². The van der Waals surface area contributed by atoms with Gasteiger partial charge in [0.25, 0.3) is 0 Å². The lowest BCUT2D eigenvalue weighted by molar-refractivity contribution is 0.375. The lowest BCUT2D eigenvalue weighted by Crippen LogP contribution is -2.32. The van der Waals surface area contributed by atoms with Crippen molar-refractivity contribution in [3.63, 3.8) is 0 Å². The predicted octanol–water partition coefficient (Wildman–Crippen LogP) is 2.50. The molecular formula is C16H26N2O2. The van der Waals surface area contributed by atoms with Gasteiger partial charge in [0.1, 0.15) is 11.5 Å². The number of nitrogens with one attached hydrogen (secondary N) is 2. The number of ether oxygens (including phenoxy) is 2. The Morgan fingerprint density at radius 1 is 1.20 bits per heavy atom. The molecule has 4 heteroatoms. The zero-order valence-corrected chi connectivity index (χ0v) is 12.7. The summed E-state index contributed by atoms with van der Waals surface area (Å²) in [5, 5.41) is 7.17. The van der Waals surface area contributed by atoms with Crippen molar-refractivity contribution in [1.29, 1.82) is 0 Å². The van der Waals surface area contributed by atoms with Crippen molar-refractivity contribution in [3.05, 3.63) is 23.8 Å². The highest BCUT2D eigenvalue weighted by Crippen LogP contribution is 2.30. The van der Waals surface area contributed by atoms with Gasteiger partial charge in [-0.2, -0.15) is 0 Å². The maximum Gasteiger partial charge on any atom is 0.127 e. The minimum atomic E-state index is 0.277. The Hall–Kier alpha value is -1.26. The van der Waals surface area contributed by atoms with E-state index in [0.717, 1.165) is 24.6 Å². The molecule has 1 saturated heterocycles. The van der Waals surface area contributed by atoms with Gasteiger partial charge in [0.05, 0.1) is 14.2 Å². The highest BCUT2D eigenvalue weighted by atomic mass is 16.5. The fraction of sp³-hybridized carbons (Fsp3) is 0.625. The fourth-order valence-corrected chi connectivity index (χ4v) is 2.81. The first-order valence-corrected chi connectivity index (χ1v) is 7.43. The molecule has 0 amide bonds. The summed E-state index contributed by atoms with van der Waals surface area (Å²) >= 11 is 0. The third-order valence-electron chi connectivity index (χ3n) is 3.97. The topological polar surface area (TPSA) is 42.5 Å². The maximum absolute atomic E-state index is 5.49. The molecule has 0 aromatic heterocycles. The number of rotatable bonds is 5. The summed E-state index contributed by atoms with van der Waals surface area (Å²) in [6.45, 7) is 4.44. The van der Waals surface area contributed by atoms with Crippen LogP contribution in [0.5, 0.6) is 11.5 Å². The summed E-state index contributed by atoms with van der Waals surface area (Å²) in [5.74, 6) is 1.72. The molecule has 2 rings (SSSR count). The summed E-state index contributed by atoms with van der Waals surface area (Å²) in [4.78, 5) is 0. The summed E-state index contributed by atoms with van der Waals surface area (Å²) in [6, 6.07) is 6.88. The van der Waals surface area contributed by atoms with Crippen LogP contribution >= 0.6 is 0 Å². The molecule has 2 N–H and O–H groups in total. The summed E-state index contributed by atoms with van der Waals surface area (Å²) < 4.78 is 10.7. The van der Waals surface area contributed by atoms with E-state index in [9.17, 15) is 0 Å². The van der Waals surface area contributed by atoms with Crippen molar-refractivity contribution >= 4 is 0 Å². The third-order valence-corrected chi connectivity index (χ3v) is 3.97. The lowest BCUT2D eigenvalue weighted by Gasteiger charge is -2.23. The first-order chi connectivity index (χ1) is 9.74. The molecule has 20 heavy (non-hydrogen) atoms. The van der Waals surface area contributed by atoms with Crippen LogP contribution < -0.4 is 20.1 Å². The molecule has 1 aliphatic heterocycles. The van der Waals surface area contributed by atoms with E-state index >= 15 is 0 Å². The van der Waals surface area contributed by atoms with Crippen LogP contribution in [0, 0.1) is 0 Å². The van der Waals surface area contributed by atoms with Gasteiger partial charge in [0.2, 0.25) is 0 Å². The van der Waals surface area contributed by atoms with E-state index in [1.807, 2.05) is 12.1 Å². The van der Waals surface area contributed by atoms with Crippen LogP contribution in [0.15, 0.2) is 18.2 Å². The number of benzene rings is 1. The molecule has 2 unspecified atom stereocenters. The van der Waals surface area contributed by atoms with Gasteiger partial charge in [-0.05, 0) is 45.3 Å². The van der Waals surface area contributed by atoms with Crippen molar-refractivity contribution in [2.45, 2.75) is 38.3 Å². The Labute approximate surface area is 121 Å². The second-order valence-corrected chi connectivity index (χ2v) is 5.37. The van der Waals surface area contributed by atoms with Crippen molar-refractivity contribution < 1.29 is 9.47 Å². The molecule has 1 fully saturated rings. The van der Waals surface area contributed by atoms with Crippen LogP contribution in [0.1, 0.15) is 37.8 Å². The molecule has 1 aliphatic rings. The first kappa shape index (κ1) is 15.1. The highest BCUT2D eigenvalue weighted by molar-refractivity contribution is 5.42. The summed E-state index contributed by atoms with van der Waals surface area (Å²) in [5.41, 5.74) is 1.19. The second-order valence-electron chi connectivity index (χ2n) is 5.37. The minimum Gasteiger partial charge on any atom is -0.497 e. The van der Waals surface area contributed by atoms with Crippen molar-refractivity contribution in [2.75, 3.05) is 27.3 Å². The van der Waals surface area contributed by atoms with Gasteiger partial charge in [-0.3, -0.25) is 0 Å². The van der Waals surface area contributed by atoms with Crippen LogP contribution in [0.3, 0.4) is 0 Å². The molecule has 1 aromatic rings. The smallest absolute Gasteiger partial charge is 0.127 e. The zero-order valence-electron chi connectivity index (χ0n) is 12.7. The second kappa shape index (κ2) is 7.50. The standard InChI is InChI=1S/C16H26N2O2/c1-12(18-13-5-4-9-17-10-8-13)15-7-6-14(19-2)11-16(15)20-3/h6-7,11-13,17-18H,4-5,8-10H2,1-3H3. The van der Waals surface area contributed by atoms with Gasteiger partial charge in [0.15, 0.2) is 0 Å². The molecule has 0 saturated carbocycles. The zero-order chi connectivity index (χ0) is 14.4. The average Bonchev–Trinajstić information content (AvgIpc) is 2.75. The van der Waals surface area contributed by atoms with Gasteiger partial charge < -0.3 is 20.1 Å². The summed E-state index contributed by atoms with van der Waals surface area (Å²) in [6.07, 6.45) is 3.66. The van der Waals surface area contributed by atoms with E-state index in [2.05, 4.69) is 23.6 Å². The molecule has 4 nitrogen and oxygen atoms in total. The van der Waals surface area contributed by atoms with E-state index < -0.39 is 0 Å². The van der Waals surface area contributed by atoms with Gasteiger partial charge in [-0.1, -0.05) is 6.07 Å². The van der Waals surface area contributed by atoms with Gasteiger partial charge in [0, 0.05) is 23.7 Å². The van der Waals surface area contributed by atoms with Crippen molar-refractivity contribution in [1.82, 2.24) is 10.6 Å². The number of methoxy groups -OCH3 is 2. The predicted molar refractivity (Wildman–Crippen MR) is 81.6 cm³/mol. The SMILES string of the molecule is COc1ccc(C(C)NC2CCCNCC2)c(OC)c1. The molecule has 1 heterocycles. The Balaban J connectivity index is 2.05. The van der Waals surface area contributed by atoms with Crippen LogP contribution in [0.25, 0.3) is 0 Å². The van der Waals surface area contributed by atoms with E-state index in [0.29, 0.717) is 6.04 Å².